The molecular weight excluding hydrogens is 204 g/mol. The monoisotopic (exact) mass is 226 g/mol. The third kappa shape index (κ3) is 3.93. The van der Waals surface area contributed by atoms with Gasteiger partial charge in [0.05, 0.1) is 0 Å². The molecule has 4 heteroatoms. The van der Waals surface area contributed by atoms with Crippen LogP contribution in [0.4, 0.5) is 0 Å². The third-order valence-electron chi connectivity index (χ3n) is 2.63. The summed E-state index contributed by atoms with van der Waals surface area (Å²) in [5.74, 6) is 0.255. The van der Waals surface area contributed by atoms with Crippen LogP contribution in [0.25, 0.3) is 0 Å². The molecule has 0 aromatic rings. The molecule has 1 fully saturated rings. The van der Waals surface area contributed by atoms with Crippen molar-refractivity contribution in [3.8, 4) is 0 Å². The summed E-state index contributed by atoms with van der Waals surface area (Å²) in [4.78, 5) is 24.2. The molecule has 2 amide bonds. The Kier molecular flexibility index (Phi) is 4.08. The van der Waals surface area contributed by atoms with Crippen molar-refractivity contribution in [2.75, 3.05) is 13.1 Å². The fourth-order valence-corrected chi connectivity index (χ4v) is 1.68. The molecule has 1 unspecified atom stereocenters. The largest absolute Gasteiger partial charge is 0.312 e. The van der Waals surface area contributed by atoms with Crippen molar-refractivity contribution < 1.29 is 9.59 Å². The number of carbonyl (C=O) groups excluding carboxylic acids is 2. The Morgan fingerprint density at radius 3 is 2.19 bits per heavy atom. The highest BCUT2D eigenvalue weighted by molar-refractivity contribution is 6.01. The quantitative estimate of drug-likeness (QED) is 0.732. The van der Waals surface area contributed by atoms with E-state index in [1.807, 2.05) is 0 Å². The normalized spacial score (nSPS) is 19.4. The topological polar surface area (TPSA) is 49.4 Å². The molecule has 1 heterocycles. The van der Waals surface area contributed by atoms with Crippen molar-refractivity contribution in [3.05, 3.63) is 0 Å². The summed E-state index contributed by atoms with van der Waals surface area (Å²) in [6.07, 6.45) is 0.774. The predicted molar refractivity (Wildman–Crippen MR) is 62.9 cm³/mol. The van der Waals surface area contributed by atoms with E-state index in [1.54, 1.807) is 0 Å². The molecule has 0 aromatic carbocycles. The van der Waals surface area contributed by atoms with Crippen molar-refractivity contribution in [2.45, 2.75) is 46.1 Å². The molecule has 1 aliphatic rings. The van der Waals surface area contributed by atoms with Crippen LogP contribution in [0.15, 0.2) is 0 Å². The molecule has 1 rings (SSSR count). The number of hydrogen-bond donors (Lipinski definition) is 1. The van der Waals surface area contributed by atoms with Crippen LogP contribution in [-0.4, -0.2) is 35.3 Å². The minimum Gasteiger partial charge on any atom is -0.312 e. The maximum atomic E-state index is 11.4. The lowest BCUT2D eigenvalue weighted by Crippen LogP contribution is -2.42. The molecular formula is C12H22N2O2. The van der Waals surface area contributed by atoms with E-state index in [0.717, 1.165) is 6.54 Å². The lowest BCUT2D eigenvalue weighted by Gasteiger charge is -2.25. The van der Waals surface area contributed by atoms with E-state index >= 15 is 0 Å². The molecule has 0 bridgehead atoms. The van der Waals surface area contributed by atoms with Gasteiger partial charge in [0.2, 0.25) is 11.8 Å². The fraction of sp³-hybridized carbons (Fsp3) is 0.833. The van der Waals surface area contributed by atoms with Crippen LogP contribution in [-0.2, 0) is 9.59 Å². The maximum Gasteiger partial charge on any atom is 0.229 e. The van der Waals surface area contributed by atoms with Crippen LogP contribution in [0, 0.1) is 5.92 Å². The second kappa shape index (κ2) is 4.95. The molecule has 1 atom stereocenters. The van der Waals surface area contributed by atoms with Crippen molar-refractivity contribution in [2.24, 2.45) is 5.92 Å². The zero-order valence-electron chi connectivity index (χ0n) is 10.7. The zero-order chi connectivity index (χ0) is 12.3. The van der Waals surface area contributed by atoms with Crippen LogP contribution in [0.3, 0.4) is 0 Å². The van der Waals surface area contributed by atoms with E-state index in [1.165, 1.54) is 4.90 Å². The summed E-state index contributed by atoms with van der Waals surface area (Å²) in [6, 6.07) is 0. The Hall–Kier alpha value is -0.900. The number of imide groups is 1. The third-order valence-corrected chi connectivity index (χ3v) is 2.63. The van der Waals surface area contributed by atoms with Gasteiger partial charge in [0.15, 0.2) is 0 Å². The Morgan fingerprint density at radius 1 is 1.25 bits per heavy atom. The highest BCUT2D eigenvalue weighted by Gasteiger charge is 2.29. The SMILES string of the molecule is CC(CNC(C)(C)C)CN1C(=O)CCC1=O. The fourth-order valence-electron chi connectivity index (χ4n) is 1.68. The van der Waals surface area contributed by atoms with E-state index < -0.39 is 0 Å². The van der Waals surface area contributed by atoms with Crippen molar-refractivity contribution in [1.29, 1.82) is 0 Å². The van der Waals surface area contributed by atoms with Gasteiger partial charge in [0, 0.05) is 24.9 Å². The summed E-state index contributed by atoms with van der Waals surface area (Å²) in [7, 11) is 0. The van der Waals surface area contributed by atoms with Crippen molar-refractivity contribution in [1.82, 2.24) is 10.2 Å². The van der Waals surface area contributed by atoms with E-state index in [2.05, 4.69) is 33.0 Å². The van der Waals surface area contributed by atoms with Crippen LogP contribution in [0.1, 0.15) is 40.5 Å². The Balaban J connectivity index is 2.36. The molecule has 1 saturated heterocycles. The molecule has 0 radical (unpaired) electrons. The highest BCUT2D eigenvalue weighted by Crippen LogP contribution is 2.14. The summed E-state index contributed by atoms with van der Waals surface area (Å²) in [5, 5.41) is 3.38. The van der Waals surface area contributed by atoms with Gasteiger partial charge in [-0.1, -0.05) is 6.92 Å². The first-order valence-corrected chi connectivity index (χ1v) is 5.88. The van der Waals surface area contributed by atoms with Crippen LogP contribution >= 0.6 is 0 Å². The first-order valence-electron chi connectivity index (χ1n) is 5.88. The average molecular weight is 226 g/mol. The van der Waals surface area contributed by atoms with Crippen molar-refractivity contribution >= 4 is 11.8 Å². The van der Waals surface area contributed by atoms with Gasteiger partial charge in [-0.25, -0.2) is 0 Å². The maximum absolute atomic E-state index is 11.4. The van der Waals surface area contributed by atoms with Crippen molar-refractivity contribution in [3.63, 3.8) is 0 Å². The van der Waals surface area contributed by atoms with Gasteiger partial charge >= 0.3 is 0 Å². The molecule has 0 aliphatic carbocycles. The van der Waals surface area contributed by atoms with Crippen LogP contribution < -0.4 is 5.32 Å². The summed E-state index contributed by atoms with van der Waals surface area (Å²) < 4.78 is 0. The Morgan fingerprint density at radius 2 is 1.75 bits per heavy atom. The van der Waals surface area contributed by atoms with Gasteiger partial charge in [0.1, 0.15) is 0 Å². The number of amides is 2. The number of likely N-dealkylation sites (tertiary alicyclic amines) is 1. The summed E-state index contributed by atoms with van der Waals surface area (Å²) in [5.41, 5.74) is 0.0767. The molecule has 0 saturated carbocycles. The van der Waals surface area contributed by atoms with E-state index in [9.17, 15) is 9.59 Å². The van der Waals surface area contributed by atoms with Gasteiger partial charge in [-0.15, -0.1) is 0 Å². The standard InChI is InChI=1S/C12H22N2O2/c1-9(7-13-12(2,3)4)8-14-10(15)5-6-11(14)16/h9,13H,5-8H2,1-4H3. The Bertz CT molecular complexity index is 265. The molecule has 92 valence electrons. The van der Waals surface area contributed by atoms with Gasteiger partial charge in [0.25, 0.3) is 0 Å². The molecule has 0 spiro atoms. The molecule has 4 nitrogen and oxygen atoms in total. The van der Waals surface area contributed by atoms with Gasteiger partial charge in [-0.05, 0) is 33.2 Å². The number of nitrogens with one attached hydrogen (secondary N) is 1. The molecule has 1 N–H and O–H groups in total. The van der Waals surface area contributed by atoms with E-state index in [0.29, 0.717) is 25.3 Å². The van der Waals surface area contributed by atoms with Gasteiger partial charge in [-0.3, -0.25) is 14.5 Å². The molecule has 1 aliphatic heterocycles. The molecule has 0 aromatic heterocycles. The number of carbonyl (C=O) groups is 2. The van der Waals surface area contributed by atoms with E-state index in [4.69, 9.17) is 0 Å². The second-order valence-corrected chi connectivity index (χ2v) is 5.63. The smallest absolute Gasteiger partial charge is 0.229 e. The highest BCUT2D eigenvalue weighted by atomic mass is 16.2. The second-order valence-electron chi connectivity index (χ2n) is 5.63. The van der Waals surface area contributed by atoms with Crippen LogP contribution in [0.5, 0.6) is 0 Å². The van der Waals surface area contributed by atoms with Gasteiger partial charge < -0.3 is 5.32 Å². The Labute approximate surface area is 97.4 Å². The summed E-state index contributed by atoms with van der Waals surface area (Å²) >= 11 is 0. The first kappa shape index (κ1) is 13.2. The first-order chi connectivity index (χ1) is 7.29. The zero-order valence-corrected chi connectivity index (χ0v) is 10.7. The lowest BCUT2D eigenvalue weighted by atomic mass is 10.1. The van der Waals surface area contributed by atoms with Crippen LogP contribution in [0.2, 0.25) is 0 Å². The predicted octanol–water partition coefficient (Wildman–Crippen LogP) is 1.16. The van der Waals surface area contributed by atoms with Gasteiger partial charge in [-0.2, -0.15) is 0 Å². The lowest BCUT2D eigenvalue weighted by molar-refractivity contribution is -0.138. The minimum absolute atomic E-state index is 0.0207. The summed E-state index contributed by atoms with van der Waals surface area (Å²) in [6.45, 7) is 9.72. The molecule has 16 heavy (non-hydrogen) atoms. The van der Waals surface area contributed by atoms with E-state index in [-0.39, 0.29) is 17.4 Å². The average Bonchev–Trinajstić information content (AvgIpc) is 2.45. The number of rotatable bonds is 4. The number of nitrogens with zero attached hydrogens (tertiary/aromatic N) is 1. The minimum atomic E-state index is -0.0207. The number of hydrogen-bond acceptors (Lipinski definition) is 3.